The predicted molar refractivity (Wildman–Crippen MR) is 68.5 cm³/mol. The lowest BCUT2D eigenvalue weighted by molar-refractivity contribution is 0.122. The second kappa shape index (κ2) is 5.65. The van der Waals surface area contributed by atoms with Crippen molar-refractivity contribution in [2.45, 2.75) is 26.2 Å². The standard InChI is InChI=1S/C14H19F2NO/c1-10(2)12-4-3-11(9-13(12)14(15)16)17-5-7-18-8-6-17/h3-4,9-10,14H,5-8H2,1-2H3. The minimum atomic E-state index is -2.41. The van der Waals surface area contributed by atoms with E-state index < -0.39 is 6.43 Å². The molecule has 0 aromatic heterocycles. The van der Waals surface area contributed by atoms with Crippen LogP contribution in [-0.4, -0.2) is 26.3 Å². The Hall–Kier alpha value is -1.16. The van der Waals surface area contributed by atoms with E-state index in [2.05, 4.69) is 4.90 Å². The second-order valence-corrected chi connectivity index (χ2v) is 4.87. The van der Waals surface area contributed by atoms with Crippen LogP contribution in [0.1, 0.15) is 37.3 Å². The Morgan fingerprint density at radius 3 is 2.33 bits per heavy atom. The normalized spacial score (nSPS) is 16.7. The van der Waals surface area contributed by atoms with Crippen LogP contribution in [0.5, 0.6) is 0 Å². The van der Waals surface area contributed by atoms with Crippen molar-refractivity contribution >= 4 is 5.69 Å². The van der Waals surface area contributed by atoms with Crippen LogP contribution < -0.4 is 4.90 Å². The lowest BCUT2D eigenvalue weighted by Gasteiger charge is -2.29. The lowest BCUT2D eigenvalue weighted by Crippen LogP contribution is -2.36. The molecule has 4 heteroatoms. The van der Waals surface area contributed by atoms with Crippen LogP contribution in [0.25, 0.3) is 0 Å². The third kappa shape index (κ3) is 2.80. The first-order valence-corrected chi connectivity index (χ1v) is 6.34. The maximum Gasteiger partial charge on any atom is 0.264 e. The van der Waals surface area contributed by atoms with Crippen LogP contribution in [0.15, 0.2) is 18.2 Å². The Morgan fingerprint density at radius 2 is 1.78 bits per heavy atom. The monoisotopic (exact) mass is 255 g/mol. The number of ether oxygens (including phenoxy) is 1. The van der Waals surface area contributed by atoms with Gasteiger partial charge in [0.2, 0.25) is 0 Å². The average molecular weight is 255 g/mol. The Morgan fingerprint density at radius 1 is 1.11 bits per heavy atom. The molecular weight excluding hydrogens is 236 g/mol. The molecule has 0 N–H and O–H groups in total. The summed E-state index contributed by atoms with van der Waals surface area (Å²) in [5.74, 6) is 0.118. The van der Waals surface area contributed by atoms with Crippen molar-refractivity contribution in [3.05, 3.63) is 29.3 Å². The zero-order valence-electron chi connectivity index (χ0n) is 10.8. The molecule has 0 bridgehead atoms. The van der Waals surface area contributed by atoms with E-state index in [1.165, 1.54) is 0 Å². The van der Waals surface area contributed by atoms with Gasteiger partial charge in [0.1, 0.15) is 0 Å². The summed E-state index contributed by atoms with van der Waals surface area (Å²) in [4.78, 5) is 2.10. The van der Waals surface area contributed by atoms with E-state index in [1.807, 2.05) is 26.0 Å². The fourth-order valence-electron chi connectivity index (χ4n) is 2.30. The van der Waals surface area contributed by atoms with Gasteiger partial charge >= 0.3 is 0 Å². The van der Waals surface area contributed by atoms with Gasteiger partial charge in [-0.25, -0.2) is 8.78 Å². The number of halogens is 2. The topological polar surface area (TPSA) is 12.5 Å². The van der Waals surface area contributed by atoms with Gasteiger partial charge in [-0.3, -0.25) is 0 Å². The fourth-order valence-corrected chi connectivity index (χ4v) is 2.30. The molecule has 0 atom stereocenters. The Labute approximate surface area is 107 Å². The summed E-state index contributed by atoms with van der Waals surface area (Å²) in [6.45, 7) is 6.74. The summed E-state index contributed by atoms with van der Waals surface area (Å²) in [5.41, 5.74) is 1.77. The van der Waals surface area contributed by atoms with Crippen molar-refractivity contribution < 1.29 is 13.5 Å². The molecular formula is C14H19F2NO. The molecule has 100 valence electrons. The predicted octanol–water partition coefficient (Wildman–Crippen LogP) is 3.58. The van der Waals surface area contributed by atoms with Crippen molar-refractivity contribution in [1.29, 1.82) is 0 Å². The number of benzene rings is 1. The Balaban J connectivity index is 2.30. The minimum Gasteiger partial charge on any atom is -0.378 e. The van der Waals surface area contributed by atoms with Crippen molar-refractivity contribution in [2.24, 2.45) is 0 Å². The number of nitrogens with zero attached hydrogens (tertiary/aromatic N) is 1. The van der Waals surface area contributed by atoms with E-state index in [9.17, 15) is 8.78 Å². The maximum atomic E-state index is 13.1. The molecule has 1 fully saturated rings. The van der Waals surface area contributed by atoms with Gasteiger partial charge < -0.3 is 9.64 Å². The van der Waals surface area contributed by atoms with Gasteiger partial charge in [-0.2, -0.15) is 0 Å². The first-order valence-electron chi connectivity index (χ1n) is 6.34. The maximum absolute atomic E-state index is 13.1. The van der Waals surface area contributed by atoms with E-state index in [1.54, 1.807) is 6.07 Å². The highest BCUT2D eigenvalue weighted by Gasteiger charge is 2.18. The molecule has 1 aromatic rings. The number of alkyl halides is 2. The van der Waals surface area contributed by atoms with Crippen LogP contribution in [0.2, 0.25) is 0 Å². The molecule has 0 amide bonds. The number of morpholine rings is 1. The van der Waals surface area contributed by atoms with E-state index in [-0.39, 0.29) is 11.5 Å². The van der Waals surface area contributed by atoms with E-state index in [4.69, 9.17) is 4.74 Å². The zero-order valence-corrected chi connectivity index (χ0v) is 10.8. The van der Waals surface area contributed by atoms with E-state index in [0.717, 1.165) is 24.3 Å². The molecule has 0 radical (unpaired) electrons. The van der Waals surface area contributed by atoms with Crippen LogP contribution in [0.3, 0.4) is 0 Å². The Bertz CT molecular complexity index is 401. The largest absolute Gasteiger partial charge is 0.378 e. The smallest absolute Gasteiger partial charge is 0.264 e. The van der Waals surface area contributed by atoms with Crippen molar-refractivity contribution in [3.63, 3.8) is 0 Å². The van der Waals surface area contributed by atoms with Crippen LogP contribution in [-0.2, 0) is 4.74 Å². The van der Waals surface area contributed by atoms with Crippen molar-refractivity contribution in [2.75, 3.05) is 31.2 Å². The number of anilines is 1. The summed E-state index contributed by atoms with van der Waals surface area (Å²) in [5, 5.41) is 0. The van der Waals surface area contributed by atoms with Crippen LogP contribution in [0, 0.1) is 0 Å². The molecule has 1 aliphatic rings. The zero-order chi connectivity index (χ0) is 13.1. The Kier molecular flexibility index (Phi) is 4.17. The molecule has 0 spiro atoms. The fraction of sp³-hybridized carbons (Fsp3) is 0.571. The van der Waals surface area contributed by atoms with Crippen molar-refractivity contribution in [1.82, 2.24) is 0 Å². The molecule has 1 aromatic carbocycles. The minimum absolute atomic E-state index is 0.118. The van der Waals surface area contributed by atoms with Gasteiger partial charge in [0.25, 0.3) is 6.43 Å². The van der Waals surface area contributed by atoms with Gasteiger partial charge in [-0.1, -0.05) is 19.9 Å². The van der Waals surface area contributed by atoms with Crippen molar-refractivity contribution in [3.8, 4) is 0 Å². The summed E-state index contributed by atoms with van der Waals surface area (Å²) in [6, 6.07) is 5.40. The molecule has 2 rings (SSSR count). The first kappa shape index (κ1) is 13.3. The molecule has 18 heavy (non-hydrogen) atoms. The van der Waals surface area contributed by atoms with Gasteiger partial charge in [-0.15, -0.1) is 0 Å². The molecule has 0 unspecified atom stereocenters. The van der Waals surface area contributed by atoms with Gasteiger partial charge in [0.05, 0.1) is 13.2 Å². The first-order chi connectivity index (χ1) is 8.59. The quantitative estimate of drug-likeness (QED) is 0.818. The summed E-state index contributed by atoms with van der Waals surface area (Å²) in [6.07, 6.45) is -2.41. The highest BCUT2D eigenvalue weighted by Crippen LogP contribution is 2.32. The van der Waals surface area contributed by atoms with E-state index in [0.29, 0.717) is 13.2 Å². The summed E-state index contributed by atoms with van der Waals surface area (Å²) in [7, 11) is 0. The van der Waals surface area contributed by atoms with Crippen LogP contribution in [0.4, 0.5) is 14.5 Å². The highest BCUT2D eigenvalue weighted by atomic mass is 19.3. The molecule has 2 nitrogen and oxygen atoms in total. The molecule has 1 heterocycles. The molecule has 0 aliphatic carbocycles. The van der Waals surface area contributed by atoms with Gasteiger partial charge in [0.15, 0.2) is 0 Å². The number of rotatable bonds is 3. The number of hydrogen-bond donors (Lipinski definition) is 0. The third-order valence-electron chi connectivity index (χ3n) is 3.30. The molecule has 1 aliphatic heterocycles. The summed E-state index contributed by atoms with van der Waals surface area (Å²) < 4.78 is 31.5. The van der Waals surface area contributed by atoms with Gasteiger partial charge in [0, 0.05) is 24.3 Å². The highest BCUT2D eigenvalue weighted by molar-refractivity contribution is 5.52. The molecule has 1 saturated heterocycles. The van der Waals surface area contributed by atoms with Gasteiger partial charge in [-0.05, 0) is 23.6 Å². The summed E-state index contributed by atoms with van der Waals surface area (Å²) >= 11 is 0. The molecule has 0 saturated carbocycles. The second-order valence-electron chi connectivity index (χ2n) is 4.87. The van der Waals surface area contributed by atoms with E-state index >= 15 is 0 Å². The SMILES string of the molecule is CC(C)c1ccc(N2CCOCC2)cc1C(F)F. The van der Waals surface area contributed by atoms with Crippen LogP contribution >= 0.6 is 0 Å². The number of hydrogen-bond acceptors (Lipinski definition) is 2. The lowest BCUT2D eigenvalue weighted by atomic mass is 9.96. The third-order valence-corrected chi connectivity index (χ3v) is 3.30. The average Bonchev–Trinajstić information content (AvgIpc) is 2.39.